The van der Waals surface area contributed by atoms with Crippen LogP contribution in [0.5, 0.6) is 0 Å². The highest BCUT2D eigenvalue weighted by Crippen LogP contribution is 2.28. The molecule has 1 unspecified atom stereocenters. The zero-order valence-corrected chi connectivity index (χ0v) is 9.90. The van der Waals surface area contributed by atoms with Gasteiger partial charge >= 0.3 is 0 Å². The van der Waals surface area contributed by atoms with Crippen molar-refractivity contribution >= 4 is 28.2 Å². The highest BCUT2D eigenvalue weighted by Gasteiger charge is 2.21. The summed E-state index contributed by atoms with van der Waals surface area (Å²) in [6.07, 6.45) is 3.16. The molecular formula is C9H15N3S2. The first-order valence-corrected chi connectivity index (χ1v) is 6.73. The molecule has 1 aliphatic heterocycles. The minimum Gasteiger partial charge on any atom is -0.347 e. The van der Waals surface area contributed by atoms with E-state index in [1.807, 2.05) is 18.0 Å². The predicted octanol–water partition coefficient (Wildman–Crippen LogP) is 1.54. The second-order valence-electron chi connectivity index (χ2n) is 3.44. The van der Waals surface area contributed by atoms with Crippen LogP contribution in [0.2, 0.25) is 0 Å². The number of rotatable bonds is 3. The van der Waals surface area contributed by atoms with Crippen LogP contribution in [-0.2, 0) is 6.54 Å². The number of anilines is 1. The number of nitrogens with zero attached hydrogens (tertiary/aromatic N) is 2. The van der Waals surface area contributed by atoms with Crippen molar-refractivity contribution in [3.63, 3.8) is 0 Å². The van der Waals surface area contributed by atoms with E-state index in [2.05, 4.69) is 16.9 Å². The highest BCUT2D eigenvalue weighted by molar-refractivity contribution is 7.99. The first kappa shape index (κ1) is 10.3. The summed E-state index contributed by atoms with van der Waals surface area (Å²) in [5.74, 6) is 2.51. The minimum absolute atomic E-state index is 0.602. The fraction of sp³-hybridized carbons (Fsp3) is 0.667. The molecule has 2 heterocycles. The second-order valence-corrected chi connectivity index (χ2v) is 5.69. The van der Waals surface area contributed by atoms with Crippen LogP contribution in [0.3, 0.4) is 0 Å². The number of hydrogen-bond donors (Lipinski definition) is 1. The van der Waals surface area contributed by atoms with Crippen molar-refractivity contribution in [2.75, 3.05) is 23.5 Å². The van der Waals surface area contributed by atoms with Crippen molar-refractivity contribution in [3.8, 4) is 0 Å². The van der Waals surface area contributed by atoms with E-state index in [0.29, 0.717) is 12.6 Å². The van der Waals surface area contributed by atoms with Gasteiger partial charge in [-0.1, -0.05) is 0 Å². The molecule has 0 bridgehead atoms. The molecule has 0 saturated carbocycles. The molecule has 1 atom stereocenters. The molecule has 1 fully saturated rings. The van der Waals surface area contributed by atoms with Crippen molar-refractivity contribution in [1.29, 1.82) is 0 Å². The first-order valence-electron chi connectivity index (χ1n) is 4.76. The largest absolute Gasteiger partial charge is 0.347 e. The lowest BCUT2D eigenvalue weighted by Crippen LogP contribution is -2.30. The van der Waals surface area contributed by atoms with Gasteiger partial charge in [0.25, 0.3) is 0 Å². The van der Waals surface area contributed by atoms with Crippen LogP contribution in [0.1, 0.15) is 11.3 Å². The van der Waals surface area contributed by atoms with E-state index < -0.39 is 0 Å². The number of thioether (sulfide) groups is 1. The molecule has 14 heavy (non-hydrogen) atoms. The fourth-order valence-electron chi connectivity index (χ4n) is 1.54. The molecule has 2 rings (SSSR count). The molecule has 5 heteroatoms. The molecule has 0 radical (unpaired) electrons. The Morgan fingerprint density at radius 2 is 2.57 bits per heavy atom. The maximum Gasteiger partial charge on any atom is 0.185 e. The van der Waals surface area contributed by atoms with Gasteiger partial charge in [-0.3, -0.25) is 0 Å². The van der Waals surface area contributed by atoms with Gasteiger partial charge in [0, 0.05) is 36.5 Å². The smallest absolute Gasteiger partial charge is 0.185 e. The third-order valence-electron chi connectivity index (χ3n) is 2.50. The Bertz CT molecular complexity index is 294. The van der Waals surface area contributed by atoms with Crippen molar-refractivity contribution in [3.05, 3.63) is 11.1 Å². The molecule has 0 spiro atoms. The molecule has 1 saturated heterocycles. The lowest BCUT2D eigenvalue weighted by molar-refractivity contribution is 0.698. The molecule has 1 aromatic heterocycles. The van der Waals surface area contributed by atoms with Crippen LogP contribution in [0, 0.1) is 0 Å². The van der Waals surface area contributed by atoms with E-state index in [-0.39, 0.29) is 0 Å². The predicted molar refractivity (Wildman–Crippen MR) is 64.1 cm³/mol. The number of nitrogens with two attached hydrogens (primary N) is 1. The van der Waals surface area contributed by atoms with Gasteiger partial charge in [0.05, 0.1) is 0 Å². The lowest BCUT2D eigenvalue weighted by atomic mass is 10.2. The zero-order chi connectivity index (χ0) is 9.97. The maximum atomic E-state index is 5.56. The summed E-state index contributed by atoms with van der Waals surface area (Å²) in [5, 5.41) is 1.11. The van der Waals surface area contributed by atoms with Gasteiger partial charge in [0.1, 0.15) is 0 Å². The van der Waals surface area contributed by atoms with Crippen LogP contribution in [0.4, 0.5) is 5.13 Å². The molecule has 78 valence electrons. The summed E-state index contributed by atoms with van der Waals surface area (Å²) < 4.78 is 0. The first-order chi connectivity index (χ1) is 6.81. The van der Waals surface area contributed by atoms with Crippen molar-refractivity contribution < 1.29 is 0 Å². The van der Waals surface area contributed by atoms with Gasteiger partial charge in [-0.15, -0.1) is 11.3 Å². The van der Waals surface area contributed by atoms with E-state index in [9.17, 15) is 0 Å². The summed E-state index contributed by atoms with van der Waals surface area (Å²) in [4.78, 5) is 7.85. The topological polar surface area (TPSA) is 42.2 Å². The third-order valence-corrected chi connectivity index (χ3v) is 4.75. The highest BCUT2D eigenvalue weighted by atomic mass is 32.2. The Morgan fingerprint density at radius 1 is 1.71 bits per heavy atom. The molecular weight excluding hydrogens is 214 g/mol. The number of thiazole rings is 1. The maximum absolute atomic E-state index is 5.56. The normalized spacial score (nSPS) is 21.4. The van der Waals surface area contributed by atoms with E-state index in [4.69, 9.17) is 5.73 Å². The quantitative estimate of drug-likeness (QED) is 0.854. The van der Waals surface area contributed by atoms with Gasteiger partial charge < -0.3 is 10.6 Å². The Morgan fingerprint density at radius 3 is 3.14 bits per heavy atom. The average molecular weight is 229 g/mol. The Balaban J connectivity index is 2.05. The number of hydrogen-bond acceptors (Lipinski definition) is 5. The van der Waals surface area contributed by atoms with Gasteiger partial charge in [0.15, 0.2) is 5.13 Å². The van der Waals surface area contributed by atoms with Crippen molar-refractivity contribution in [2.24, 2.45) is 5.73 Å². The zero-order valence-electron chi connectivity index (χ0n) is 8.27. The summed E-state index contributed by atoms with van der Waals surface area (Å²) >= 11 is 3.74. The Labute approximate surface area is 92.7 Å². The minimum atomic E-state index is 0.602. The Kier molecular flexibility index (Phi) is 3.30. The van der Waals surface area contributed by atoms with E-state index in [1.165, 1.54) is 17.9 Å². The lowest BCUT2D eigenvalue weighted by Gasteiger charge is -2.22. The molecule has 0 amide bonds. The average Bonchev–Trinajstić information content (AvgIpc) is 2.88. The van der Waals surface area contributed by atoms with Gasteiger partial charge in [-0.05, 0) is 12.2 Å². The van der Waals surface area contributed by atoms with E-state index in [0.717, 1.165) is 10.0 Å². The SMILES string of the molecule is CN(c1ncc(CN)s1)C1CCSC1. The third kappa shape index (κ3) is 2.04. The summed E-state index contributed by atoms with van der Waals surface area (Å²) in [6, 6.07) is 0.664. The summed E-state index contributed by atoms with van der Waals surface area (Å²) in [5.41, 5.74) is 5.56. The second kappa shape index (κ2) is 4.51. The summed E-state index contributed by atoms with van der Waals surface area (Å²) in [6.45, 7) is 0.602. The molecule has 1 aromatic rings. The standard InChI is InChI=1S/C9H15N3S2/c1-12(7-2-3-13-6-7)9-11-5-8(4-10)14-9/h5,7H,2-4,6,10H2,1H3. The molecule has 0 aliphatic carbocycles. The molecule has 0 aromatic carbocycles. The fourth-order valence-corrected chi connectivity index (χ4v) is 3.63. The van der Waals surface area contributed by atoms with Crippen LogP contribution < -0.4 is 10.6 Å². The van der Waals surface area contributed by atoms with Crippen LogP contribution in [0.15, 0.2) is 6.20 Å². The summed E-state index contributed by atoms with van der Waals surface area (Å²) in [7, 11) is 2.13. The molecule has 3 nitrogen and oxygen atoms in total. The monoisotopic (exact) mass is 229 g/mol. The Hall–Kier alpha value is -0.260. The van der Waals surface area contributed by atoms with Crippen molar-refractivity contribution in [1.82, 2.24) is 4.98 Å². The van der Waals surface area contributed by atoms with Crippen molar-refractivity contribution in [2.45, 2.75) is 19.0 Å². The molecule has 2 N–H and O–H groups in total. The van der Waals surface area contributed by atoms with Crippen LogP contribution >= 0.6 is 23.1 Å². The van der Waals surface area contributed by atoms with E-state index >= 15 is 0 Å². The van der Waals surface area contributed by atoms with Gasteiger partial charge in [-0.2, -0.15) is 11.8 Å². The van der Waals surface area contributed by atoms with Crippen LogP contribution in [0.25, 0.3) is 0 Å². The van der Waals surface area contributed by atoms with E-state index in [1.54, 1.807) is 11.3 Å². The van der Waals surface area contributed by atoms with Gasteiger partial charge in [-0.25, -0.2) is 4.98 Å². The van der Waals surface area contributed by atoms with Crippen LogP contribution in [-0.4, -0.2) is 29.6 Å². The number of aromatic nitrogens is 1. The van der Waals surface area contributed by atoms with Gasteiger partial charge in [0.2, 0.25) is 0 Å². The molecule has 1 aliphatic rings.